The van der Waals surface area contributed by atoms with E-state index in [4.69, 9.17) is 4.74 Å². The lowest BCUT2D eigenvalue weighted by Crippen LogP contribution is -2.36. The predicted molar refractivity (Wildman–Crippen MR) is 161 cm³/mol. The van der Waals surface area contributed by atoms with Gasteiger partial charge in [0.05, 0.1) is 12.2 Å². The van der Waals surface area contributed by atoms with Crippen LogP contribution in [0.5, 0.6) is 0 Å². The SMILES string of the molecule is C=C(c1ccc(-c2ccc(C(=C)N3CCCC(C)(C)OCC3)cc2)cc1)N(CCCC)CCCC(C)C. The summed E-state index contributed by atoms with van der Waals surface area (Å²) in [4.78, 5) is 4.86. The van der Waals surface area contributed by atoms with Crippen LogP contribution in [0.3, 0.4) is 0 Å². The van der Waals surface area contributed by atoms with Gasteiger partial charge in [0.15, 0.2) is 0 Å². The minimum atomic E-state index is -0.0153. The first-order valence-electron chi connectivity index (χ1n) is 14.4. The van der Waals surface area contributed by atoms with Crippen molar-refractivity contribution in [3.8, 4) is 11.1 Å². The lowest BCUT2D eigenvalue weighted by Gasteiger charge is -2.34. The van der Waals surface area contributed by atoms with Gasteiger partial charge < -0.3 is 14.5 Å². The highest BCUT2D eigenvalue weighted by Crippen LogP contribution is 2.28. The van der Waals surface area contributed by atoms with Gasteiger partial charge >= 0.3 is 0 Å². The summed E-state index contributed by atoms with van der Waals surface area (Å²) < 4.78 is 6.06. The summed E-state index contributed by atoms with van der Waals surface area (Å²) in [5, 5.41) is 0. The molecule has 0 amide bonds. The summed E-state index contributed by atoms with van der Waals surface area (Å²) in [5.74, 6) is 0.750. The predicted octanol–water partition coefficient (Wildman–Crippen LogP) is 8.72. The molecule has 1 heterocycles. The minimum Gasteiger partial charge on any atom is -0.374 e. The van der Waals surface area contributed by atoms with E-state index in [1.165, 1.54) is 47.9 Å². The topological polar surface area (TPSA) is 15.7 Å². The molecule has 0 saturated carbocycles. The van der Waals surface area contributed by atoms with E-state index < -0.39 is 0 Å². The van der Waals surface area contributed by atoms with Crippen LogP contribution in [-0.4, -0.2) is 48.2 Å². The molecule has 3 rings (SSSR count). The molecule has 1 aliphatic heterocycles. The normalized spacial score (nSPS) is 15.8. The number of ether oxygens (including phenoxy) is 1. The van der Waals surface area contributed by atoms with Crippen molar-refractivity contribution in [2.45, 2.75) is 78.7 Å². The number of unbranched alkanes of at least 4 members (excludes halogenated alkanes) is 1. The smallest absolute Gasteiger partial charge is 0.0648 e. The van der Waals surface area contributed by atoms with E-state index in [0.717, 1.165) is 62.9 Å². The summed E-state index contributed by atoms with van der Waals surface area (Å²) in [6, 6.07) is 17.8. The summed E-state index contributed by atoms with van der Waals surface area (Å²) in [5.41, 5.74) is 7.08. The maximum Gasteiger partial charge on any atom is 0.0648 e. The lowest BCUT2D eigenvalue weighted by atomic mass is 9.99. The Labute approximate surface area is 227 Å². The summed E-state index contributed by atoms with van der Waals surface area (Å²) in [6.45, 7) is 25.0. The van der Waals surface area contributed by atoms with E-state index in [0.29, 0.717) is 0 Å². The van der Waals surface area contributed by atoms with Gasteiger partial charge in [0, 0.05) is 37.6 Å². The van der Waals surface area contributed by atoms with E-state index in [-0.39, 0.29) is 5.60 Å². The zero-order valence-corrected chi connectivity index (χ0v) is 24.2. The monoisotopic (exact) mass is 502 g/mol. The van der Waals surface area contributed by atoms with E-state index in [1.807, 2.05) is 0 Å². The molecule has 202 valence electrons. The zero-order valence-electron chi connectivity index (χ0n) is 24.2. The van der Waals surface area contributed by atoms with Crippen molar-refractivity contribution in [3.63, 3.8) is 0 Å². The second-order valence-corrected chi connectivity index (χ2v) is 11.6. The fraction of sp³-hybridized carbons (Fsp3) is 0.529. The highest BCUT2D eigenvalue weighted by molar-refractivity contribution is 5.71. The Morgan fingerprint density at radius 1 is 0.919 bits per heavy atom. The highest BCUT2D eigenvalue weighted by Gasteiger charge is 2.22. The molecule has 3 heteroatoms. The molecule has 1 aliphatic rings. The van der Waals surface area contributed by atoms with Crippen LogP contribution >= 0.6 is 0 Å². The Kier molecular flexibility index (Phi) is 10.9. The quantitative estimate of drug-likeness (QED) is 0.288. The maximum atomic E-state index is 6.06. The van der Waals surface area contributed by atoms with Crippen LogP contribution in [0, 0.1) is 5.92 Å². The molecule has 0 atom stereocenters. The molecular weight excluding hydrogens is 452 g/mol. The zero-order chi connectivity index (χ0) is 26.8. The average Bonchev–Trinajstić information content (AvgIpc) is 2.87. The number of rotatable bonds is 12. The molecule has 0 spiro atoms. The molecule has 1 fully saturated rings. The van der Waals surface area contributed by atoms with E-state index >= 15 is 0 Å². The van der Waals surface area contributed by atoms with Gasteiger partial charge in [-0.2, -0.15) is 0 Å². The van der Waals surface area contributed by atoms with Gasteiger partial charge in [-0.3, -0.25) is 0 Å². The fourth-order valence-electron chi connectivity index (χ4n) is 5.08. The van der Waals surface area contributed by atoms with Gasteiger partial charge in [0.1, 0.15) is 0 Å². The third-order valence-corrected chi connectivity index (χ3v) is 7.58. The van der Waals surface area contributed by atoms with Crippen LogP contribution in [0.4, 0.5) is 0 Å². The van der Waals surface area contributed by atoms with Crippen molar-refractivity contribution in [3.05, 3.63) is 72.8 Å². The Morgan fingerprint density at radius 3 is 2.11 bits per heavy atom. The standard InChI is InChI=1S/C34H50N2O/c1-8-9-22-35(23-10-12-27(2)3)28(4)30-13-17-32(18-14-30)33-19-15-31(16-20-33)29(5)36-24-11-21-34(6,7)37-26-25-36/h13-20,27H,4-5,8-12,21-26H2,1-3,6-7H3. The number of benzene rings is 2. The second-order valence-electron chi connectivity index (χ2n) is 11.6. The molecule has 0 aromatic heterocycles. The van der Waals surface area contributed by atoms with Gasteiger partial charge in [0.25, 0.3) is 0 Å². The Bertz CT molecular complexity index is 975. The van der Waals surface area contributed by atoms with Crippen LogP contribution in [0.1, 0.15) is 84.3 Å². The third kappa shape index (κ3) is 8.78. The Morgan fingerprint density at radius 2 is 1.51 bits per heavy atom. The lowest BCUT2D eigenvalue weighted by molar-refractivity contribution is -0.0394. The first kappa shape index (κ1) is 29.0. The average molecular weight is 503 g/mol. The van der Waals surface area contributed by atoms with E-state index in [1.54, 1.807) is 0 Å². The number of hydrogen-bond acceptors (Lipinski definition) is 3. The van der Waals surface area contributed by atoms with Gasteiger partial charge in [-0.05, 0) is 74.1 Å². The van der Waals surface area contributed by atoms with Crippen molar-refractivity contribution in [2.24, 2.45) is 5.92 Å². The van der Waals surface area contributed by atoms with E-state index in [2.05, 4.69) is 106 Å². The summed E-state index contributed by atoms with van der Waals surface area (Å²) in [6.07, 6.45) is 7.10. The first-order valence-corrected chi connectivity index (χ1v) is 14.4. The largest absolute Gasteiger partial charge is 0.374 e. The van der Waals surface area contributed by atoms with Crippen LogP contribution < -0.4 is 0 Å². The summed E-state index contributed by atoms with van der Waals surface area (Å²) in [7, 11) is 0. The number of hydrogen-bond donors (Lipinski definition) is 0. The van der Waals surface area contributed by atoms with Gasteiger partial charge in [-0.1, -0.05) is 88.9 Å². The van der Waals surface area contributed by atoms with Crippen LogP contribution in [-0.2, 0) is 4.74 Å². The van der Waals surface area contributed by atoms with Crippen molar-refractivity contribution >= 4 is 11.4 Å². The Balaban J connectivity index is 1.63. The second kappa shape index (κ2) is 13.9. The van der Waals surface area contributed by atoms with Crippen molar-refractivity contribution in [1.29, 1.82) is 0 Å². The molecule has 0 unspecified atom stereocenters. The number of nitrogens with zero attached hydrogens (tertiary/aromatic N) is 2. The van der Waals surface area contributed by atoms with Gasteiger partial charge in [0.2, 0.25) is 0 Å². The molecule has 0 N–H and O–H groups in total. The van der Waals surface area contributed by atoms with Crippen molar-refractivity contribution < 1.29 is 4.74 Å². The third-order valence-electron chi connectivity index (χ3n) is 7.58. The van der Waals surface area contributed by atoms with Crippen molar-refractivity contribution in [2.75, 3.05) is 32.8 Å². The maximum absolute atomic E-state index is 6.06. The molecule has 2 aromatic carbocycles. The highest BCUT2D eigenvalue weighted by atomic mass is 16.5. The fourth-order valence-corrected chi connectivity index (χ4v) is 5.08. The molecule has 37 heavy (non-hydrogen) atoms. The first-order chi connectivity index (χ1) is 17.7. The Hall–Kier alpha value is -2.52. The van der Waals surface area contributed by atoms with Gasteiger partial charge in [-0.25, -0.2) is 0 Å². The summed E-state index contributed by atoms with van der Waals surface area (Å²) >= 11 is 0. The molecule has 0 radical (unpaired) electrons. The molecule has 3 nitrogen and oxygen atoms in total. The molecule has 1 saturated heterocycles. The molecule has 2 aromatic rings. The molecule has 0 aliphatic carbocycles. The molecular formula is C34H50N2O. The van der Waals surface area contributed by atoms with E-state index in [9.17, 15) is 0 Å². The van der Waals surface area contributed by atoms with Crippen molar-refractivity contribution in [1.82, 2.24) is 9.80 Å². The van der Waals surface area contributed by atoms with Crippen LogP contribution in [0.25, 0.3) is 22.5 Å². The van der Waals surface area contributed by atoms with Crippen LogP contribution in [0.15, 0.2) is 61.7 Å². The van der Waals surface area contributed by atoms with Crippen LogP contribution in [0.2, 0.25) is 0 Å². The molecule has 0 bridgehead atoms. The minimum absolute atomic E-state index is 0.0153. The van der Waals surface area contributed by atoms with Gasteiger partial charge in [-0.15, -0.1) is 0 Å².